The van der Waals surface area contributed by atoms with Crippen LogP contribution in [-0.2, 0) is 10.9 Å². The van der Waals surface area contributed by atoms with Gasteiger partial charge in [-0.05, 0) is 25.3 Å². The number of methoxy groups -OCH3 is 1. The summed E-state index contributed by atoms with van der Waals surface area (Å²) in [5.74, 6) is 0.161. The van der Waals surface area contributed by atoms with E-state index in [-0.39, 0.29) is 45.9 Å². The van der Waals surface area contributed by atoms with Gasteiger partial charge in [0.1, 0.15) is 11.3 Å². The van der Waals surface area contributed by atoms with Crippen LogP contribution < -0.4 is 5.56 Å². The van der Waals surface area contributed by atoms with Crippen molar-refractivity contribution in [3.63, 3.8) is 0 Å². The minimum Gasteiger partial charge on any atom is -0.420 e. The average Bonchev–Trinajstić information content (AvgIpc) is 3.45. The van der Waals surface area contributed by atoms with E-state index in [2.05, 4.69) is 20.3 Å². The molecule has 8 nitrogen and oxygen atoms in total. The zero-order valence-corrected chi connectivity index (χ0v) is 18.5. The zero-order valence-electron chi connectivity index (χ0n) is 18.5. The second-order valence-corrected chi connectivity index (χ2v) is 8.37. The van der Waals surface area contributed by atoms with E-state index in [1.165, 1.54) is 19.1 Å². The van der Waals surface area contributed by atoms with Gasteiger partial charge in [-0.2, -0.15) is 17.7 Å². The van der Waals surface area contributed by atoms with E-state index >= 15 is 0 Å². The van der Waals surface area contributed by atoms with Crippen molar-refractivity contribution in [2.24, 2.45) is 0 Å². The Bertz CT molecular complexity index is 1390. The number of nitrogens with one attached hydrogen (secondary N) is 1. The van der Waals surface area contributed by atoms with Crippen molar-refractivity contribution in [1.82, 2.24) is 24.8 Å². The lowest BCUT2D eigenvalue weighted by Gasteiger charge is -2.27. The van der Waals surface area contributed by atoms with Crippen molar-refractivity contribution in [3.8, 4) is 22.6 Å². The Morgan fingerprint density at radius 1 is 1.12 bits per heavy atom. The molecule has 1 fully saturated rings. The molecule has 1 N–H and O–H groups in total. The fraction of sp³-hybridized carbons (Fsp3) is 0.391. The number of aryl methyl sites for hydroxylation is 1. The highest BCUT2D eigenvalue weighted by Crippen LogP contribution is 2.39. The molecule has 3 aromatic heterocycles. The fourth-order valence-corrected chi connectivity index (χ4v) is 4.65. The number of H-pyrrole nitrogens is 1. The quantitative estimate of drug-likeness (QED) is 0.460. The van der Waals surface area contributed by atoms with E-state index < -0.39 is 17.4 Å². The van der Waals surface area contributed by atoms with Crippen molar-refractivity contribution < 1.29 is 22.3 Å². The van der Waals surface area contributed by atoms with Crippen LogP contribution in [0.4, 0.5) is 13.2 Å². The number of nitrogens with zero attached hydrogens (tertiary/aromatic N) is 4. The van der Waals surface area contributed by atoms with Crippen LogP contribution >= 0.6 is 0 Å². The Labute approximate surface area is 191 Å². The number of aromatic amines is 1. The first kappa shape index (κ1) is 22.3. The molecule has 5 rings (SSSR count). The van der Waals surface area contributed by atoms with Crippen LogP contribution in [0.2, 0.25) is 0 Å². The van der Waals surface area contributed by atoms with Gasteiger partial charge in [0.25, 0.3) is 11.4 Å². The first-order valence-corrected chi connectivity index (χ1v) is 10.9. The Hall–Kier alpha value is -3.47. The van der Waals surface area contributed by atoms with Gasteiger partial charge in [-0.3, -0.25) is 9.89 Å². The SMILES string of the molecule is CO[C@H]1CCCCC1c1nnc(-c2c(C)nc3c(-c4ccccc4)c(C(F)(F)F)[nH]n3c2=O)o1. The maximum Gasteiger partial charge on any atom is 0.433 e. The zero-order chi connectivity index (χ0) is 24.0. The van der Waals surface area contributed by atoms with Crippen LogP contribution in [0.3, 0.4) is 0 Å². The lowest BCUT2D eigenvalue weighted by Crippen LogP contribution is -2.25. The van der Waals surface area contributed by atoms with E-state index in [9.17, 15) is 18.0 Å². The van der Waals surface area contributed by atoms with E-state index in [1.807, 2.05) is 0 Å². The second kappa shape index (κ2) is 8.39. The van der Waals surface area contributed by atoms with Crippen molar-refractivity contribution in [1.29, 1.82) is 0 Å². The van der Waals surface area contributed by atoms with Crippen molar-refractivity contribution in [3.05, 3.63) is 58.0 Å². The van der Waals surface area contributed by atoms with Gasteiger partial charge >= 0.3 is 6.18 Å². The standard InChI is InChI=1S/C23H22F3N5O3/c1-12-16(21-29-28-20(34-21)14-10-6-7-11-15(14)33-2)22(32)31-19(27-12)17(13-8-4-3-5-9-13)18(30-31)23(24,25)26/h3-5,8-9,14-15,30H,6-7,10-11H2,1-2H3/t14?,15-/m0/s1. The highest BCUT2D eigenvalue weighted by atomic mass is 19.4. The number of aromatic nitrogens is 5. The first-order valence-electron chi connectivity index (χ1n) is 10.9. The molecule has 0 aliphatic heterocycles. The maximum atomic E-state index is 13.9. The maximum absolute atomic E-state index is 13.9. The van der Waals surface area contributed by atoms with Gasteiger partial charge in [-0.1, -0.05) is 43.2 Å². The third kappa shape index (κ3) is 3.69. The van der Waals surface area contributed by atoms with Crippen LogP contribution in [0.25, 0.3) is 28.2 Å². The average molecular weight is 473 g/mol. The number of benzene rings is 1. The Morgan fingerprint density at radius 3 is 2.56 bits per heavy atom. The molecule has 1 aliphatic carbocycles. The molecule has 1 aromatic carbocycles. The summed E-state index contributed by atoms with van der Waals surface area (Å²) < 4.78 is 53.8. The minimum atomic E-state index is -4.73. The van der Waals surface area contributed by atoms with Crippen LogP contribution in [-0.4, -0.2) is 38.0 Å². The van der Waals surface area contributed by atoms with E-state index in [0.717, 1.165) is 30.2 Å². The molecule has 4 aromatic rings. The van der Waals surface area contributed by atoms with Gasteiger partial charge in [0.05, 0.1) is 23.3 Å². The number of hydrogen-bond acceptors (Lipinski definition) is 6. The number of hydrogen-bond donors (Lipinski definition) is 1. The number of rotatable bonds is 4. The Morgan fingerprint density at radius 2 is 1.85 bits per heavy atom. The highest BCUT2D eigenvalue weighted by Gasteiger charge is 2.39. The molecule has 0 radical (unpaired) electrons. The van der Waals surface area contributed by atoms with Gasteiger partial charge in [0, 0.05) is 7.11 Å². The molecule has 1 aliphatic rings. The van der Waals surface area contributed by atoms with E-state index in [1.54, 1.807) is 25.3 Å². The highest BCUT2D eigenvalue weighted by molar-refractivity contribution is 5.81. The third-order valence-corrected chi connectivity index (χ3v) is 6.28. The second-order valence-electron chi connectivity index (χ2n) is 8.37. The first-order chi connectivity index (χ1) is 16.3. The van der Waals surface area contributed by atoms with Crippen LogP contribution in [0.5, 0.6) is 0 Å². The Balaban J connectivity index is 1.67. The normalized spacial score (nSPS) is 19.1. The Kier molecular flexibility index (Phi) is 5.51. The third-order valence-electron chi connectivity index (χ3n) is 6.28. The van der Waals surface area contributed by atoms with Gasteiger partial charge in [0.15, 0.2) is 5.65 Å². The van der Waals surface area contributed by atoms with E-state index in [0.29, 0.717) is 5.89 Å². The van der Waals surface area contributed by atoms with Crippen molar-refractivity contribution >= 4 is 5.65 Å². The summed E-state index contributed by atoms with van der Waals surface area (Å²) in [6.45, 7) is 1.54. The lowest BCUT2D eigenvalue weighted by atomic mass is 9.86. The summed E-state index contributed by atoms with van der Waals surface area (Å²) in [4.78, 5) is 17.7. The van der Waals surface area contributed by atoms with Crippen LogP contribution in [0.15, 0.2) is 39.5 Å². The molecule has 0 bridgehead atoms. The molecule has 0 spiro atoms. The fourth-order valence-electron chi connectivity index (χ4n) is 4.65. The molecule has 0 amide bonds. The number of halogens is 3. The molecule has 0 saturated heterocycles. The van der Waals surface area contributed by atoms with E-state index in [4.69, 9.17) is 9.15 Å². The van der Waals surface area contributed by atoms with Crippen LogP contribution in [0.1, 0.15) is 48.9 Å². The summed E-state index contributed by atoms with van der Waals surface area (Å²) in [5.41, 5.74) is -1.70. The molecular formula is C23H22F3N5O3. The largest absolute Gasteiger partial charge is 0.433 e. The van der Waals surface area contributed by atoms with Crippen molar-refractivity contribution in [2.75, 3.05) is 7.11 Å². The summed E-state index contributed by atoms with van der Waals surface area (Å²) in [5, 5.41) is 10.4. The predicted molar refractivity (Wildman–Crippen MR) is 116 cm³/mol. The number of alkyl halides is 3. The molecule has 3 heterocycles. The molecule has 1 unspecified atom stereocenters. The van der Waals surface area contributed by atoms with Gasteiger partial charge in [-0.15, -0.1) is 10.2 Å². The number of fused-ring (bicyclic) bond motifs is 1. The molecule has 11 heteroatoms. The topological polar surface area (TPSA) is 98.3 Å². The molecule has 34 heavy (non-hydrogen) atoms. The summed E-state index contributed by atoms with van der Waals surface area (Å²) in [6.07, 6.45) is -1.11. The molecular weight excluding hydrogens is 451 g/mol. The number of ether oxygens (including phenoxy) is 1. The summed E-state index contributed by atoms with van der Waals surface area (Å²) in [7, 11) is 1.63. The van der Waals surface area contributed by atoms with Gasteiger partial charge < -0.3 is 9.15 Å². The van der Waals surface area contributed by atoms with Gasteiger partial charge in [0.2, 0.25) is 5.89 Å². The van der Waals surface area contributed by atoms with Crippen molar-refractivity contribution in [2.45, 2.75) is 50.8 Å². The minimum absolute atomic E-state index is 0.0457. The molecule has 178 valence electrons. The summed E-state index contributed by atoms with van der Waals surface area (Å²) >= 11 is 0. The van der Waals surface area contributed by atoms with Crippen LogP contribution in [0, 0.1) is 6.92 Å². The lowest BCUT2D eigenvalue weighted by molar-refractivity contribution is -0.140. The van der Waals surface area contributed by atoms with Gasteiger partial charge in [-0.25, -0.2) is 4.98 Å². The smallest absolute Gasteiger partial charge is 0.420 e. The molecule has 2 atom stereocenters. The predicted octanol–water partition coefficient (Wildman–Crippen LogP) is 4.74. The molecule has 1 saturated carbocycles. The monoisotopic (exact) mass is 473 g/mol. The summed E-state index contributed by atoms with van der Waals surface area (Å²) in [6, 6.07) is 8.01.